The van der Waals surface area contributed by atoms with Crippen LogP contribution in [0.25, 0.3) is 0 Å². The number of carbonyl (C=O) groups excluding carboxylic acids is 1. The van der Waals surface area contributed by atoms with Crippen molar-refractivity contribution in [3.8, 4) is 0 Å². The maximum atomic E-state index is 11.9. The highest BCUT2D eigenvalue weighted by Gasteiger charge is 2.13. The molecule has 0 atom stereocenters. The molecule has 9 heteroatoms. The van der Waals surface area contributed by atoms with Gasteiger partial charge in [0.15, 0.2) is 0 Å². The van der Waals surface area contributed by atoms with Crippen molar-refractivity contribution in [1.29, 1.82) is 0 Å². The zero-order chi connectivity index (χ0) is 16.5. The predicted octanol–water partition coefficient (Wildman–Crippen LogP) is -1.72. The third-order valence-electron chi connectivity index (χ3n) is 2.93. The Bertz CT molecular complexity index is 588. The number of esters is 1. The van der Waals surface area contributed by atoms with Crippen molar-refractivity contribution in [2.45, 2.75) is 19.9 Å². The number of aryl methyl sites for hydroxylation is 1. The molecule has 9 nitrogen and oxygen atoms in total. The van der Waals surface area contributed by atoms with Gasteiger partial charge in [-0.25, -0.2) is 4.79 Å². The van der Waals surface area contributed by atoms with Gasteiger partial charge in [0.25, 0.3) is 5.56 Å². The second kappa shape index (κ2) is 9.00. The first kappa shape index (κ1) is 17.9. The van der Waals surface area contributed by atoms with Crippen LogP contribution in [0.1, 0.15) is 13.3 Å². The van der Waals surface area contributed by atoms with Crippen molar-refractivity contribution in [2.75, 3.05) is 37.8 Å². The molecule has 0 amide bonds. The molecule has 0 aliphatic rings. The minimum absolute atomic E-state index is 0.000763. The van der Waals surface area contributed by atoms with E-state index >= 15 is 0 Å². The van der Waals surface area contributed by atoms with E-state index in [0.29, 0.717) is 0 Å². The largest absolute Gasteiger partial charge is 0.466 e. The van der Waals surface area contributed by atoms with Gasteiger partial charge in [0, 0.05) is 25.8 Å². The molecule has 3 N–H and O–H groups in total. The van der Waals surface area contributed by atoms with Crippen LogP contribution >= 0.6 is 0 Å². The number of aromatic nitrogens is 2. The highest BCUT2D eigenvalue weighted by Crippen LogP contribution is 2.05. The van der Waals surface area contributed by atoms with E-state index in [2.05, 4.69) is 4.98 Å². The Morgan fingerprint density at radius 2 is 1.95 bits per heavy atom. The summed E-state index contributed by atoms with van der Waals surface area (Å²) in [5, 5.41) is 18.0. The molecule has 0 bridgehead atoms. The molecule has 0 radical (unpaired) electrons. The summed E-state index contributed by atoms with van der Waals surface area (Å²) in [7, 11) is 0. The summed E-state index contributed by atoms with van der Waals surface area (Å²) in [5.41, 5.74) is -1.10. The maximum Gasteiger partial charge on any atom is 0.328 e. The number of aliphatic hydroxyl groups excluding tert-OH is 2. The van der Waals surface area contributed by atoms with Crippen molar-refractivity contribution < 1.29 is 19.7 Å². The van der Waals surface area contributed by atoms with Gasteiger partial charge in [0.2, 0.25) is 0 Å². The van der Waals surface area contributed by atoms with Gasteiger partial charge in [0.05, 0.1) is 26.2 Å². The summed E-state index contributed by atoms with van der Waals surface area (Å²) in [5.74, 6) is -0.440. The SMILES string of the molecule is CCOC(=O)CCn1cc(N(CCO)CCO)c(=O)[nH]c1=O. The molecule has 1 aromatic heterocycles. The number of hydrogen-bond donors (Lipinski definition) is 3. The van der Waals surface area contributed by atoms with Gasteiger partial charge < -0.3 is 19.8 Å². The van der Waals surface area contributed by atoms with Gasteiger partial charge >= 0.3 is 11.7 Å². The molecule has 0 saturated heterocycles. The van der Waals surface area contributed by atoms with Gasteiger partial charge in [-0.05, 0) is 6.92 Å². The number of hydrogen-bond acceptors (Lipinski definition) is 7. The predicted molar refractivity (Wildman–Crippen MR) is 79.0 cm³/mol. The molecule has 124 valence electrons. The van der Waals surface area contributed by atoms with E-state index in [1.54, 1.807) is 6.92 Å². The van der Waals surface area contributed by atoms with Crippen LogP contribution < -0.4 is 16.1 Å². The standard InChI is InChI=1S/C13H21N3O6/c1-2-22-11(19)3-4-16-9-10(12(20)14-13(16)21)15(5-7-17)6-8-18/h9,17-18H,2-8H2,1H3,(H,14,20,21). The van der Waals surface area contributed by atoms with Crippen LogP contribution in [0.15, 0.2) is 15.8 Å². The second-order valence-electron chi connectivity index (χ2n) is 4.46. The minimum atomic E-state index is -0.633. The molecule has 0 unspecified atom stereocenters. The number of aliphatic hydroxyl groups is 2. The molecule has 0 fully saturated rings. The summed E-state index contributed by atoms with van der Waals surface area (Å²) in [6.45, 7) is 1.87. The molecule has 22 heavy (non-hydrogen) atoms. The first-order valence-electron chi connectivity index (χ1n) is 6.99. The summed E-state index contributed by atoms with van der Waals surface area (Å²) < 4.78 is 5.97. The average Bonchev–Trinajstić information content (AvgIpc) is 2.46. The van der Waals surface area contributed by atoms with Gasteiger partial charge in [-0.15, -0.1) is 0 Å². The fraction of sp³-hybridized carbons (Fsp3) is 0.615. The number of H-pyrrole nitrogens is 1. The first-order valence-corrected chi connectivity index (χ1v) is 6.99. The van der Waals surface area contributed by atoms with Crippen molar-refractivity contribution in [3.63, 3.8) is 0 Å². The lowest BCUT2D eigenvalue weighted by molar-refractivity contribution is -0.143. The lowest BCUT2D eigenvalue weighted by atomic mass is 10.3. The van der Waals surface area contributed by atoms with Crippen LogP contribution in [0.2, 0.25) is 0 Å². The molecule has 0 aromatic carbocycles. The smallest absolute Gasteiger partial charge is 0.328 e. The number of nitrogens with zero attached hydrogens (tertiary/aromatic N) is 2. The lowest BCUT2D eigenvalue weighted by Gasteiger charge is -2.22. The summed E-state index contributed by atoms with van der Waals surface area (Å²) in [4.78, 5) is 38.5. The zero-order valence-corrected chi connectivity index (χ0v) is 12.4. The maximum absolute atomic E-state index is 11.9. The van der Waals surface area contributed by atoms with Gasteiger partial charge in [-0.3, -0.25) is 19.1 Å². The molecule has 0 aliphatic heterocycles. The highest BCUT2D eigenvalue weighted by atomic mass is 16.5. The Balaban J connectivity index is 3.00. The Hall–Kier alpha value is -2.13. The molecule has 0 spiro atoms. The number of carbonyl (C=O) groups is 1. The first-order chi connectivity index (χ1) is 10.5. The van der Waals surface area contributed by atoms with Crippen molar-refractivity contribution >= 4 is 11.7 Å². The van der Waals surface area contributed by atoms with Crippen molar-refractivity contribution in [1.82, 2.24) is 9.55 Å². The van der Waals surface area contributed by atoms with E-state index in [-0.39, 0.29) is 51.6 Å². The number of rotatable bonds is 9. The minimum Gasteiger partial charge on any atom is -0.466 e. The summed E-state index contributed by atoms with van der Waals surface area (Å²) in [6.07, 6.45) is 1.31. The number of anilines is 1. The summed E-state index contributed by atoms with van der Waals surface area (Å²) >= 11 is 0. The van der Waals surface area contributed by atoms with E-state index < -0.39 is 17.2 Å². The Morgan fingerprint density at radius 1 is 1.32 bits per heavy atom. The summed E-state index contributed by atoms with van der Waals surface area (Å²) in [6, 6.07) is 0. The van der Waals surface area contributed by atoms with Crippen LogP contribution in [-0.4, -0.2) is 58.6 Å². The number of nitrogens with one attached hydrogen (secondary N) is 1. The van der Waals surface area contributed by atoms with Crippen LogP contribution in [0, 0.1) is 0 Å². The average molecular weight is 315 g/mol. The number of ether oxygens (including phenoxy) is 1. The fourth-order valence-corrected chi connectivity index (χ4v) is 1.93. The Morgan fingerprint density at radius 3 is 2.50 bits per heavy atom. The van der Waals surface area contributed by atoms with Gasteiger partial charge in [-0.2, -0.15) is 0 Å². The third kappa shape index (κ3) is 5.01. The molecule has 0 saturated carbocycles. The van der Waals surface area contributed by atoms with Crippen molar-refractivity contribution in [2.24, 2.45) is 0 Å². The van der Waals surface area contributed by atoms with E-state index in [4.69, 9.17) is 14.9 Å². The number of aromatic amines is 1. The van der Waals surface area contributed by atoms with Crippen LogP contribution in [0.5, 0.6) is 0 Å². The van der Waals surface area contributed by atoms with Gasteiger partial charge in [0.1, 0.15) is 5.69 Å². The van der Waals surface area contributed by atoms with Gasteiger partial charge in [-0.1, -0.05) is 0 Å². The van der Waals surface area contributed by atoms with Crippen LogP contribution in [0.3, 0.4) is 0 Å². The molecule has 1 rings (SSSR count). The molecular formula is C13H21N3O6. The normalized spacial score (nSPS) is 10.5. The highest BCUT2D eigenvalue weighted by molar-refractivity contribution is 5.69. The van der Waals surface area contributed by atoms with E-state index in [1.807, 2.05) is 0 Å². The van der Waals surface area contributed by atoms with E-state index in [0.717, 1.165) is 0 Å². The monoisotopic (exact) mass is 315 g/mol. The lowest BCUT2D eigenvalue weighted by Crippen LogP contribution is -2.38. The second-order valence-corrected chi connectivity index (χ2v) is 4.46. The van der Waals surface area contributed by atoms with Crippen LogP contribution in [0.4, 0.5) is 5.69 Å². The zero-order valence-electron chi connectivity index (χ0n) is 12.4. The quantitative estimate of drug-likeness (QED) is 0.463. The van der Waals surface area contributed by atoms with Crippen LogP contribution in [-0.2, 0) is 16.1 Å². The third-order valence-corrected chi connectivity index (χ3v) is 2.93. The Labute approximate surface area is 126 Å². The Kier molecular flexibility index (Phi) is 7.33. The van der Waals surface area contributed by atoms with Crippen molar-refractivity contribution in [3.05, 3.63) is 27.0 Å². The topological polar surface area (TPSA) is 125 Å². The molecule has 1 aromatic rings. The van der Waals surface area contributed by atoms with E-state index in [9.17, 15) is 14.4 Å². The molecule has 0 aliphatic carbocycles. The fourth-order valence-electron chi connectivity index (χ4n) is 1.93. The molecule has 1 heterocycles. The van der Waals surface area contributed by atoms with E-state index in [1.165, 1.54) is 15.7 Å². The molecular weight excluding hydrogens is 294 g/mol.